The van der Waals surface area contributed by atoms with Crippen LogP contribution in [0, 0.1) is 5.41 Å². The molecular formula is C10H16O2. The molecule has 68 valence electrons. The normalized spacial score (nSPS) is 19.8. The van der Waals surface area contributed by atoms with E-state index < -0.39 is 0 Å². The second-order valence-electron chi connectivity index (χ2n) is 3.55. The van der Waals surface area contributed by atoms with E-state index in [9.17, 15) is 4.79 Å². The summed E-state index contributed by atoms with van der Waals surface area (Å²) in [4.78, 5) is 11.3. The van der Waals surface area contributed by atoms with E-state index in [1.54, 1.807) is 6.08 Å². The summed E-state index contributed by atoms with van der Waals surface area (Å²) in [6.45, 7) is 7.18. The molecule has 1 aliphatic heterocycles. The summed E-state index contributed by atoms with van der Waals surface area (Å²) in [6, 6.07) is 0. The van der Waals surface area contributed by atoms with E-state index in [4.69, 9.17) is 4.74 Å². The molecule has 0 aliphatic carbocycles. The Morgan fingerprint density at radius 1 is 1.67 bits per heavy atom. The standard InChI is InChI=1S/C10H16O2/c1-3-5-9(11)6-10(4-2)7-12-8-10/h3H,1,4-8H2,2H3. The lowest BCUT2D eigenvalue weighted by Gasteiger charge is -2.40. The first-order valence-electron chi connectivity index (χ1n) is 4.43. The SMILES string of the molecule is C=CCC(=O)CC1(CC)COC1. The second kappa shape index (κ2) is 3.85. The summed E-state index contributed by atoms with van der Waals surface area (Å²) >= 11 is 0. The number of carbonyl (C=O) groups is 1. The highest BCUT2D eigenvalue weighted by atomic mass is 16.5. The van der Waals surface area contributed by atoms with Gasteiger partial charge in [0, 0.05) is 18.3 Å². The lowest BCUT2D eigenvalue weighted by atomic mass is 9.78. The highest BCUT2D eigenvalue weighted by Gasteiger charge is 2.38. The van der Waals surface area contributed by atoms with Crippen LogP contribution in [0.5, 0.6) is 0 Å². The third-order valence-electron chi connectivity index (χ3n) is 2.51. The topological polar surface area (TPSA) is 26.3 Å². The first kappa shape index (κ1) is 9.46. The predicted octanol–water partition coefficient (Wildman–Crippen LogP) is 1.95. The molecule has 1 aliphatic rings. The number of Topliss-reactive ketones (excluding diaryl/α,β-unsaturated/α-hetero) is 1. The molecule has 2 nitrogen and oxygen atoms in total. The minimum Gasteiger partial charge on any atom is -0.380 e. The van der Waals surface area contributed by atoms with Crippen LogP contribution in [0.2, 0.25) is 0 Å². The Hall–Kier alpha value is -0.630. The van der Waals surface area contributed by atoms with Crippen LogP contribution in [0.4, 0.5) is 0 Å². The van der Waals surface area contributed by atoms with Crippen LogP contribution in [0.25, 0.3) is 0 Å². The van der Waals surface area contributed by atoms with E-state index in [2.05, 4.69) is 13.5 Å². The Morgan fingerprint density at radius 3 is 2.67 bits per heavy atom. The van der Waals surface area contributed by atoms with Gasteiger partial charge in [-0.05, 0) is 6.42 Å². The Balaban J connectivity index is 2.37. The number of carbonyl (C=O) groups excluding carboxylic acids is 1. The van der Waals surface area contributed by atoms with Crippen molar-refractivity contribution in [3.8, 4) is 0 Å². The molecule has 2 heteroatoms. The van der Waals surface area contributed by atoms with Crippen molar-refractivity contribution in [1.29, 1.82) is 0 Å². The number of allylic oxidation sites excluding steroid dienone is 1. The zero-order valence-electron chi connectivity index (χ0n) is 7.64. The number of ketones is 1. The molecule has 0 spiro atoms. The van der Waals surface area contributed by atoms with Crippen LogP contribution >= 0.6 is 0 Å². The summed E-state index contributed by atoms with van der Waals surface area (Å²) < 4.78 is 5.13. The van der Waals surface area contributed by atoms with Gasteiger partial charge in [0.05, 0.1) is 13.2 Å². The van der Waals surface area contributed by atoms with Crippen LogP contribution in [0.15, 0.2) is 12.7 Å². The summed E-state index contributed by atoms with van der Waals surface area (Å²) in [5.74, 6) is 0.287. The molecule has 1 saturated heterocycles. The van der Waals surface area contributed by atoms with Crippen molar-refractivity contribution in [2.45, 2.75) is 26.2 Å². The smallest absolute Gasteiger partial charge is 0.137 e. The van der Waals surface area contributed by atoms with Crippen molar-refractivity contribution in [2.24, 2.45) is 5.41 Å². The number of rotatable bonds is 5. The van der Waals surface area contributed by atoms with Crippen molar-refractivity contribution in [3.05, 3.63) is 12.7 Å². The molecule has 0 aromatic heterocycles. The van der Waals surface area contributed by atoms with Gasteiger partial charge in [-0.25, -0.2) is 0 Å². The lowest BCUT2D eigenvalue weighted by Crippen LogP contribution is -2.43. The molecule has 1 heterocycles. The fourth-order valence-electron chi connectivity index (χ4n) is 1.47. The van der Waals surface area contributed by atoms with Gasteiger partial charge in [-0.15, -0.1) is 6.58 Å². The molecule has 0 bridgehead atoms. The molecule has 0 N–H and O–H groups in total. The highest BCUT2D eigenvalue weighted by molar-refractivity contribution is 5.80. The molecule has 0 saturated carbocycles. The number of ether oxygens (including phenoxy) is 1. The van der Waals surface area contributed by atoms with Crippen LogP contribution < -0.4 is 0 Å². The molecule has 0 atom stereocenters. The number of hydrogen-bond donors (Lipinski definition) is 0. The van der Waals surface area contributed by atoms with Gasteiger partial charge in [-0.1, -0.05) is 13.0 Å². The van der Waals surface area contributed by atoms with E-state index in [1.165, 1.54) is 0 Å². The first-order valence-corrected chi connectivity index (χ1v) is 4.43. The maximum Gasteiger partial charge on any atom is 0.137 e. The summed E-state index contributed by atoms with van der Waals surface area (Å²) in [5, 5.41) is 0. The third kappa shape index (κ3) is 1.95. The molecule has 0 unspecified atom stereocenters. The second-order valence-corrected chi connectivity index (χ2v) is 3.55. The average Bonchev–Trinajstić information content (AvgIpc) is 1.97. The van der Waals surface area contributed by atoms with Crippen LogP contribution in [0.3, 0.4) is 0 Å². The Morgan fingerprint density at radius 2 is 2.33 bits per heavy atom. The van der Waals surface area contributed by atoms with Gasteiger partial charge in [0.25, 0.3) is 0 Å². The highest BCUT2D eigenvalue weighted by Crippen LogP contribution is 2.35. The van der Waals surface area contributed by atoms with Crippen molar-refractivity contribution >= 4 is 5.78 Å². The average molecular weight is 168 g/mol. The zero-order valence-corrected chi connectivity index (χ0v) is 7.64. The fraction of sp³-hybridized carbons (Fsp3) is 0.700. The van der Waals surface area contributed by atoms with Gasteiger partial charge >= 0.3 is 0 Å². The van der Waals surface area contributed by atoms with Crippen molar-refractivity contribution in [3.63, 3.8) is 0 Å². The molecular weight excluding hydrogens is 152 g/mol. The van der Waals surface area contributed by atoms with E-state index in [-0.39, 0.29) is 11.2 Å². The van der Waals surface area contributed by atoms with Gasteiger partial charge in [0.2, 0.25) is 0 Å². The van der Waals surface area contributed by atoms with Crippen molar-refractivity contribution < 1.29 is 9.53 Å². The minimum absolute atomic E-state index is 0.167. The Bertz CT molecular complexity index is 175. The minimum atomic E-state index is 0.167. The maximum absolute atomic E-state index is 11.3. The molecule has 12 heavy (non-hydrogen) atoms. The Kier molecular flexibility index (Phi) is 3.04. The monoisotopic (exact) mass is 168 g/mol. The van der Waals surface area contributed by atoms with Gasteiger partial charge in [-0.2, -0.15) is 0 Å². The molecule has 0 aromatic rings. The Labute approximate surface area is 73.6 Å². The molecule has 1 fully saturated rings. The lowest BCUT2D eigenvalue weighted by molar-refractivity contribution is -0.141. The quantitative estimate of drug-likeness (QED) is 0.586. The van der Waals surface area contributed by atoms with Crippen LogP contribution in [0.1, 0.15) is 26.2 Å². The first-order chi connectivity index (χ1) is 5.72. The fourth-order valence-corrected chi connectivity index (χ4v) is 1.47. The molecule has 1 rings (SSSR count). The molecule has 0 aromatic carbocycles. The van der Waals surface area contributed by atoms with Crippen molar-refractivity contribution in [2.75, 3.05) is 13.2 Å². The van der Waals surface area contributed by atoms with Crippen LogP contribution in [-0.4, -0.2) is 19.0 Å². The zero-order chi connectivity index (χ0) is 9.03. The molecule has 0 radical (unpaired) electrons. The van der Waals surface area contributed by atoms with Gasteiger partial charge in [0.1, 0.15) is 5.78 Å². The predicted molar refractivity (Wildman–Crippen MR) is 48.0 cm³/mol. The van der Waals surface area contributed by atoms with E-state index in [0.29, 0.717) is 12.8 Å². The van der Waals surface area contributed by atoms with Gasteiger partial charge < -0.3 is 4.74 Å². The number of hydrogen-bond acceptors (Lipinski definition) is 2. The van der Waals surface area contributed by atoms with Crippen molar-refractivity contribution in [1.82, 2.24) is 0 Å². The molecule has 0 amide bonds. The van der Waals surface area contributed by atoms with Gasteiger partial charge in [0.15, 0.2) is 0 Å². The van der Waals surface area contributed by atoms with Gasteiger partial charge in [-0.3, -0.25) is 4.79 Å². The van der Waals surface area contributed by atoms with E-state index >= 15 is 0 Å². The van der Waals surface area contributed by atoms with E-state index in [1.807, 2.05) is 0 Å². The maximum atomic E-state index is 11.3. The van der Waals surface area contributed by atoms with E-state index in [0.717, 1.165) is 19.6 Å². The summed E-state index contributed by atoms with van der Waals surface area (Å²) in [6.07, 6.45) is 3.87. The summed E-state index contributed by atoms with van der Waals surface area (Å²) in [7, 11) is 0. The van der Waals surface area contributed by atoms with Crippen LogP contribution in [-0.2, 0) is 9.53 Å². The largest absolute Gasteiger partial charge is 0.380 e. The summed E-state index contributed by atoms with van der Waals surface area (Å²) in [5.41, 5.74) is 0.167. The third-order valence-corrected chi connectivity index (χ3v) is 2.51.